The predicted octanol–water partition coefficient (Wildman–Crippen LogP) is 4.78. The maximum absolute atomic E-state index is 12.8. The molecule has 2 aromatic carbocycles. The fourth-order valence-corrected chi connectivity index (χ4v) is 3.72. The third-order valence-electron chi connectivity index (χ3n) is 3.64. The van der Waals surface area contributed by atoms with Crippen molar-refractivity contribution in [2.75, 3.05) is 10.6 Å². The molecule has 0 aliphatic rings. The van der Waals surface area contributed by atoms with Gasteiger partial charge < -0.3 is 5.32 Å². The minimum Gasteiger partial charge on any atom is -0.325 e. The van der Waals surface area contributed by atoms with Crippen molar-refractivity contribution in [3.8, 4) is 0 Å². The Kier molecular flexibility index (Phi) is 6.51. The normalized spacial score (nSPS) is 11.9. The second-order valence-electron chi connectivity index (χ2n) is 6.10. The van der Waals surface area contributed by atoms with Gasteiger partial charge in [0, 0.05) is 26.6 Å². The first-order valence-electron chi connectivity index (χ1n) is 8.44. The number of benzene rings is 2. The highest BCUT2D eigenvalue weighted by Crippen LogP contribution is 2.18. The highest BCUT2D eigenvalue weighted by molar-refractivity contribution is 9.10. The molecule has 0 saturated heterocycles. The highest BCUT2D eigenvalue weighted by Gasteiger charge is 2.16. The van der Waals surface area contributed by atoms with Gasteiger partial charge in [0.1, 0.15) is 0 Å². The van der Waals surface area contributed by atoms with E-state index in [1.165, 1.54) is 12.1 Å². The largest absolute Gasteiger partial charge is 0.325 e. The van der Waals surface area contributed by atoms with Crippen LogP contribution in [0.5, 0.6) is 0 Å². The Morgan fingerprint density at radius 2 is 1.55 bits per heavy atom. The molecule has 0 aliphatic heterocycles. The summed E-state index contributed by atoms with van der Waals surface area (Å²) >= 11 is 9.21. The lowest BCUT2D eigenvalue weighted by Crippen LogP contribution is -2.25. The molecule has 0 atom stereocenters. The molecule has 0 radical (unpaired) electrons. The van der Waals surface area contributed by atoms with Gasteiger partial charge in [-0.2, -0.15) is 8.42 Å². The van der Waals surface area contributed by atoms with Crippen LogP contribution in [-0.4, -0.2) is 24.3 Å². The molecule has 0 saturated carbocycles. The highest BCUT2D eigenvalue weighted by atomic mass is 79.9. The molecule has 0 amide bonds. The average molecular weight is 495 g/mol. The molecule has 10 heteroatoms. The minimum atomic E-state index is -3.98. The van der Waals surface area contributed by atoms with Crippen molar-refractivity contribution >= 4 is 55.1 Å². The van der Waals surface area contributed by atoms with Crippen LogP contribution in [0.15, 0.2) is 68.4 Å². The van der Waals surface area contributed by atoms with E-state index in [4.69, 9.17) is 11.6 Å². The van der Waals surface area contributed by atoms with Crippen LogP contribution in [0.2, 0.25) is 5.02 Å². The Hall–Kier alpha value is -2.49. The SMILES string of the molecule is Cc1cc(C)nc(N/C(=N\S(=O)(=O)c2ccc(Br)cc2)Nc2ccc(Cl)cc2)n1. The van der Waals surface area contributed by atoms with E-state index in [1.54, 1.807) is 36.4 Å². The van der Waals surface area contributed by atoms with Gasteiger partial charge in [0.15, 0.2) is 0 Å². The zero-order valence-electron chi connectivity index (χ0n) is 15.5. The van der Waals surface area contributed by atoms with Crippen LogP contribution in [0.1, 0.15) is 11.4 Å². The zero-order chi connectivity index (χ0) is 21.0. The fourth-order valence-electron chi connectivity index (χ4n) is 2.41. The third kappa shape index (κ3) is 5.99. The number of anilines is 2. The molecule has 3 rings (SSSR count). The number of nitrogens with zero attached hydrogens (tertiary/aromatic N) is 3. The van der Waals surface area contributed by atoms with Crippen molar-refractivity contribution in [2.24, 2.45) is 4.40 Å². The summed E-state index contributed by atoms with van der Waals surface area (Å²) in [4.78, 5) is 8.61. The van der Waals surface area contributed by atoms with Crippen molar-refractivity contribution < 1.29 is 8.42 Å². The Balaban J connectivity index is 1.99. The first-order valence-corrected chi connectivity index (χ1v) is 11.0. The Bertz CT molecular complexity index is 1130. The summed E-state index contributed by atoms with van der Waals surface area (Å²) in [6, 6.07) is 14.8. The molecule has 1 heterocycles. The summed E-state index contributed by atoms with van der Waals surface area (Å²) in [5.41, 5.74) is 2.07. The van der Waals surface area contributed by atoms with E-state index in [9.17, 15) is 8.42 Å². The number of sulfonamides is 1. The maximum Gasteiger partial charge on any atom is 0.285 e. The quantitative estimate of drug-likeness (QED) is 0.400. The number of aromatic nitrogens is 2. The van der Waals surface area contributed by atoms with Crippen LogP contribution < -0.4 is 10.6 Å². The van der Waals surface area contributed by atoms with Gasteiger partial charge in [-0.1, -0.05) is 27.5 Å². The molecule has 0 fully saturated rings. The number of rotatable bonds is 4. The molecule has 2 N–H and O–H groups in total. The number of hydrogen-bond acceptors (Lipinski definition) is 4. The van der Waals surface area contributed by atoms with Gasteiger partial charge in [0.25, 0.3) is 10.0 Å². The Morgan fingerprint density at radius 3 is 2.14 bits per heavy atom. The molecule has 3 aromatic rings. The number of nitrogens with one attached hydrogen (secondary N) is 2. The van der Waals surface area contributed by atoms with Crippen LogP contribution in [-0.2, 0) is 10.0 Å². The summed E-state index contributed by atoms with van der Waals surface area (Å²) in [5.74, 6) is 0.189. The molecule has 7 nitrogen and oxygen atoms in total. The summed E-state index contributed by atoms with van der Waals surface area (Å²) in [6.45, 7) is 3.64. The topological polar surface area (TPSA) is 96.3 Å². The first-order chi connectivity index (χ1) is 13.7. The van der Waals surface area contributed by atoms with Gasteiger partial charge in [0.05, 0.1) is 4.90 Å². The molecule has 29 heavy (non-hydrogen) atoms. The lowest BCUT2D eigenvalue weighted by molar-refractivity contribution is 0.598. The van der Waals surface area contributed by atoms with Crippen molar-refractivity contribution in [1.82, 2.24) is 9.97 Å². The van der Waals surface area contributed by atoms with Crippen molar-refractivity contribution in [3.05, 3.63) is 75.5 Å². The molecule has 150 valence electrons. The van der Waals surface area contributed by atoms with E-state index in [2.05, 4.69) is 40.9 Å². The minimum absolute atomic E-state index is 0.0414. The summed E-state index contributed by atoms with van der Waals surface area (Å²) in [7, 11) is -3.98. The summed E-state index contributed by atoms with van der Waals surface area (Å²) in [6.07, 6.45) is 0. The number of hydrogen-bond donors (Lipinski definition) is 2. The molecule has 0 unspecified atom stereocenters. The van der Waals surface area contributed by atoms with Crippen LogP contribution >= 0.6 is 27.5 Å². The second-order valence-corrected chi connectivity index (χ2v) is 9.06. The number of aryl methyl sites for hydroxylation is 2. The Morgan fingerprint density at radius 1 is 0.966 bits per heavy atom. The van der Waals surface area contributed by atoms with Gasteiger partial charge >= 0.3 is 0 Å². The van der Waals surface area contributed by atoms with Gasteiger partial charge in [0.2, 0.25) is 11.9 Å². The lowest BCUT2D eigenvalue weighted by Gasteiger charge is -2.12. The smallest absolute Gasteiger partial charge is 0.285 e. The van der Waals surface area contributed by atoms with Gasteiger partial charge in [-0.3, -0.25) is 5.32 Å². The van der Waals surface area contributed by atoms with E-state index >= 15 is 0 Å². The number of guanidine groups is 1. The zero-order valence-corrected chi connectivity index (χ0v) is 18.7. The van der Waals surface area contributed by atoms with E-state index in [0.717, 1.165) is 15.9 Å². The summed E-state index contributed by atoms with van der Waals surface area (Å²) < 4.78 is 30.2. The van der Waals surface area contributed by atoms with Crippen LogP contribution in [0, 0.1) is 13.8 Å². The molecule has 1 aromatic heterocycles. The molecule has 0 bridgehead atoms. The van der Waals surface area contributed by atoms with E-state index in [-0.39, 0.29) is 16.8 Å². The molecule has 0 aliphatic carbocycles. The van der Waals surface area contributed by atoms with Crippen LogP contribution in [0.4, 0.5) is 11.6 Å². The maximum atomic E-state index is 12.8. The average Bonchev–Trinajstić information content (AvgIpc) is 2.63. The second kappa shape index (κ2) is 8.89. The lowest BCUT2D eigenvalue weighted by atomic mass is 10.3. The van der Waals surface area contributed by atoms with E-state index in [1.807, 2.05) is 19.9 Å². The van der Waals surface area contributed by atoms with Crippen LogP contribution in [0.25, 0.3) is 0 Å². The van der Waals surface area contributed by atoms with Gasteiger partial charge in [-0.15, -0.1) is 4.40 Å². The standard InChI is InChI=1S/C19H17BrClN5O2S/c1-12-11-13(2)23-18(22-12)25-19(24-16-7-5-15(21)6-8-16)26-29(27,28)17-9-3-14(20)4-10-17/h3-11H,1-2H3,(H2,22,23,24,25,26). The van der Waals surface area contributed by atoms with Gasteiger partial charge in [-0.25, -0.2) is 9.97 Å². The van der Waals surface area contributed by atoms with Gasteiger partial charge in [-0.05, 0) is 68.4 Å². The monoisotopic (exact) mass is 493 g/mol. The van der Waals surface area contributed by atoms with Crippen molar-refractivity contribution in [2.45, 2.75) is 18.7 Å². The van der Waals surface area contributed by atoms with E-state index in [0.29, 0.717) is 10.7 Å². The molecular weight excluding hydrogens is 478 g/mol. The first kappa shape index (κ1) is 21.2. The van der Waals surface area contributed by atoms with Crippen LogP contribution in [0.3, 0.4) is 0 Å². The fraction of sp³-hybridized carbons (Fsp3) is 0.105. The molecular formula is C19H17BrClN5O2S. The van der Waals surface area contributed by atoms with E-state index < -0.39 is 10.0 Å². The van der Waals surface area contributed by atoms with Crippen molar-refractivity contribution in [1.29, 1.82) is 0 Å². The summed E-state index contributed by atoms with van der Waals surface area (Å²) in [5, 5.41) is 6.36. The molecule has 0 spiro atoms. The van der Waals surface area contributed by atoms with Crippen molar-refractivity contribution in [3.63, 3.8) is 0 Å². The predicted molar refractivity (Wildman–Crippen MR) is 119 cm³/mol. The number of halogens is 2. The third-order valence-corrected chi connectivity index (χ3v) is 5.71. The Labute approximate surface area is 182 Å².